The second-order valence-corrected chi connectivity index (χ2v) is 4.80. The van der Waals surface area contributed by atoms with Crippen LogP contribution in [0.2, 0.25) is 5.02 Å². The topological polar surface area (TPSA) is 40.7 Å². The lowest BCUT2D eigenvalue weighted by Crippen LogP contribution is -2.13. The van der Waals surface area contributed by atoms with E-state index in [4.69, 9.17) is 11.6 Å². The minimum atomic E-state index is 0.718. The van der Waals surface area contributed by atoms with Gasteiger partial charge in [-0.1, -0.05) is 29.8 Å². The molecule has 0 saturated heterocycles. The van der Waals surface area contributed by atoms with Crippen LogP contribution in [0, 0.1) is 0 Å². The molecule has 3 nitrogen and oxygen atoms in total. The molecule has 0 aliphatic carbocycles. The summed E-state index contributed by atoms with van der Waals surface area (Å²) in [6.45, 7) is 1.52. The summed E-state index contributed by atoms with van der Waals surface area (Å²) in [7, 11) is 0. The van der Waals surface area contributed by atoms with E-state index < -0.39 is 0 Å². The van der Waals surface area contributed by atoms with Gasteiger partial charge in [0, 0.05) is 42.1 Å². The second-order valence-electron chi connectivity index (χ2n) is 4.42. The molecule has 2 heterocycles. The molecule has 1 aromatic carbocycles. The SMILES string of the molecule is Clc1c(CNCc2ccncc2)[nH]c2ccccc12. The summed E-state index contributed by atoms with van der Waals surface area (Å²) in [5, 5.41) is 5.25. The van der Waals surface area contributed by atoms with Gasteiger partial charge >= 0.3 is 0 Å². The third-order valence-corrected chi connectivity index (χ3v) is 3.53. The van der Waals surface area contributed by atoms with Crippen LogP contribution in [0.1, 0.15) is 11.3 Å². The zero-order chi connectivity index (χ0) is 13.1. The monoisotopic (exact) mass is 271 g/mol. The first-order chi connectivity index (χ1) is 9.34. The lowest BCUT2D eigenvalue weighted by Gasteiger charge is -2.03. The first-order valence-electron chi connectivity index (χ1n) is 6.19. The van der Waals surface area contributed by atoms with E-state index in [0.717, 1.165) is 34.7 Å². The number of aromatic nitrogens is 2. The number of H-pyrrole nitrogens is 1. The summed E-state index contributed by atoms with van der Waals surface area (Å²) in [6.07, 6.45) is 3.60. The fourth-order valence-electron chi connectivity index (χ4n) is 2.12. The number of nitrogens with zero attached hydrogens (tertiary/aromatic N) is 1. The molecule has 2 aromatic heterocycles. The average molecular weight is 272 g/mol. The number of para-hydroxylation sites is 1. The Labute approximate surface area is 116 Å². The maximum absolute atomic E-state index is 6.36. The number of halogens is 1. The molecule has 3 aromatic rings. The van der Waals surface area contributed by atoms with Gasteiger partial charge in [-0.2, -0.15) is 0 Å². The van der Waals surface area contributed by atoms with Crippen molar-refractivity contribution < 1.29 is 0 Å². The maximum atomic E-state index is 6.36. The largest absolute Gasteiger partial charge is 0.356 e. The van der Waals surface area contributed by atoms with Crippen LogP contribution in [0.4, 0.5) is 0 Å². The molecule has 0 saturated carbocycles. The van der Waals surface area contributed by atoms with Gasteiger partial charge in [-0.15, -0.1) is 0 Å². The van der Waals surface area contributed by atoms with Crippen molar-refractivity contribution >= 4 is 22.5 Å². The Balaban J connectivity index is 1.70. The van der Waals surface area contributed by atoms with Crippen molar-refractivity contribution in [2.45, 2.75) is 13.1 Å². The second kappa shape index (κ2) is 5.43. The van der Waals surface area contributed by atoms with Crippen LogP contribution >= 0.6 is 11.6 Å². The summed E-state index contributed by atoms with van der Waals surface area (Å²) >= 11 is 6.36. The smallest absolute Gasteiger partial charge is 0.0705 e. The lowest BCUT2D eigenvalue weighted by molar-refractivity contribution is 0.683. The molecular formula is C15H14ClN3. The van der Waals surface area contributed by atoms with E-state index in [1.165, 1.54) is 5.56 Å². The Morgan fingerprint density at radius 2 is 1.84 bits per heavy atom. The highest BCUT2D eigenvalue weighted by molar-refractivity contribution is 6.36. The standard InChI is InChI=1S/C15H14ClN3/c16-15-12-3-1-2-4-13(12)19-14(15)10-18-9-11-5-7-17-8-6-11/h1-8,18-19H,9-10H2. The van der Waals surface area contributed by atoms with Gasteiger partial charge in [-0.05, 0) is 23.8 Å². The van der Waals surface area contributed by atoms with Gasteiger partial charge in [0.05, 0.1) is 5.02 Å². The molecule has 2 N–H and O–H groups in total. The Hall–Kier alpha value is -1.84. The summed E-state index contributed by atoms with van der Waals surface area (Å²) < 4.78 is 0. The van der Waals surface area contributed by atoms with Crippen LogP contribution in [-0.4, -0.2) is 9.97 Å². The highest BCUT2D eigenvalue weighted by atomic mass is 35.5. The minimum absolute atomic E-state index is 0.718. The average Bonchev–Trinajstić information content (AvgIpc) is 2.78. The number of benzene rings is 1. The molecule has 0 spiro atoms. The molecule has 0 aliphatic heterocycles. The fourth-order valence-corrected chi connectivity index (χ4v) is 2.40. The maximum Gasteiger partial charge on any atom is 0.0705 e. The number of fused-ring (bicyclic) bond motifs is 1. The zero-order valence-electron chi connectivity index (χ0n) is 10.4. The van der Waals surface area contributed by atoms with Gasteiger partial charge in [-0.25, -0.2) is 0 Å². The van der Waals surface area contributed by atoms with Crippen LogP contribution in [0.25, 0.3) is 10.9 Å². The van der Waals surface area contributed by atoms with Crippen molar-refractivity contribution in [1.82, 2.24) is 15.3 Å². The Bertz CT molecular complexity index is 676. The Morgan fingerprint density at radius 1 is 1.05 bits per heavy atom. The quantitative estimate of drug-likeness (QED) is 0.762. The van der Waals surface area contributed by atoms with Crippen LogP contribution in [0.3, 0.4) is 0 Å². The van der Waals surface area contributed by atoms with E-state index in [1.807, 2.05) is 36.4 Å². The summed E-state index contributed by atoms with van der Waals surface area (Å²) in [5.74, 6) is 0. The van der Waals surface area contributed by atoms with Crippen molar-refractivity contribution in [2.75, 3.05) is 0 Å². The Morgan fingerprint density at radius 3 is 2.63 bits per heavy atom. The van der Waals surface area contributed by atoms with Crippen LogP contribution in [0.5, 0.6) is 0 Å². The third-order valence-electron chi connectivity index (χ3n) is 3.09. The zero-order valence-corrected chi connectivity index (χ0v) is 11.1. The fraction of sp³-hybridized carbons (Fsp3) is 0.133. The van der Waals surface area contributed by atoms with E-state index in [0.29, 0.717) is 0 Å². The minimum Gasteiger partial charge on any atom is -0.356 e. The van der Waals surface area contributed by atoms with Gasteiger partial charge in [-0.3, -0.25) is 4.98 Å². The van der Waals surface area contributed by atoms with Crippen molar-refractivity contribution in [1.29, 1.82) is 0 Å². The molecule has 0 amide bonds. The predicted molar refractivity (Wildman–Crippen MR) is 78.1 cm³/mol. The molecule has 4 heteroatoms. The molecule has 3 rings (SSSR count). The first-order valence-corrected chi connectivity index (χ1v) is 6.57. The number of aromatic amines is 1. The van der Waals surface area contributed by atoms with E-state index in [-0.39, 0.29) is 0 Å². The van der Waals surface area contributed by atoms with Crippen LogP contribution in [-0.2, 0) is 13.1 Å². The van der Waals surface area contributed by atoms with Gasteiger partial charge in [0.2, 0.25) is 0 Å². The number of hydrogen-bond acceptors (Lipinski definition) is 2. The highest BCUT2D eigenvalue weighted by Gasteiger charge is 2.07. The number of nitrogens with one attached hydrogen (secondary N) is 2. The Kier molecular flexibility index (Phi) is 3.49. The van der Waals surface area contributed by atoms with Gasteiger partial charge in [0.25, 0.3) is 0 Å². The van der Waals surface area contributed by atoms with Gasteiger partial charge in [0.1, 0.15) is 0 Å². The molecule has 0 atom stereocenters. The van der Waals surface area contributed by atoms with Crippen molar-refractivity contribution in [2.24, 2.45) is 0 Å². The lowest BCUT2D eigenvalue weighted by atomic mass is 10.2. The molecule has 0 bridgehead atoms. The first kappa shape index (κ1) is 12.2. The summed E-state index contributed by atoms with van der Waals surface area (Å²) in [6, 6.07) is 12.1. The van der Waals surface area contributed by atoms with Gasteiger partial charge < -0.3 is 10.3 Å². The van der Waals surface area contributed by atoms with Crippen molar-refractivity contribution in [3.63, 3.8) is 0 Å². The molecule has 0 fully saturated rings. The normalized spacial score (nSPS) is 11.0. The third kappa shape index (κ3) is 2.62. The predicted octanol–water partition coefficient (Wildman–Crippen LogP) is 3.51. The molecular weight excluding hydrogens is 258 g/mol. The summed E-state index contributed by atoms with van der Waals surface area (Å²) in [5.41, 5.74) is 3.31. The van der Waals surface area contributed by atoms with Gasteiger partial charge in [0.15, 0.2) is 0 Å². The van der Waals surface area contributed by atoms with Crippen LogP contribution < -0.4 is 5.32 Å². The summed E-state index contributed by atoms with van der Waals surface area (Å²) in [4.78, 5) is 7.34. The molecule has 96 valence electrons. The number of hydrogen-bond donors (Lipinski definition) is 2. The molecule has 19 heavy (non-hydrogen) atoms. The molecule has 0 aliphatic rings. The van der Waals surface area contributed by atoms with E-state index >= 15 is 0 Å². The van der Waals surface area contributed by atoms with E-state index in [1.54, 1.807) is 12.4 Å². The molecule has 0 radical (unpaired) electrons. The highest BCUT2D eigenvalue weighted by Crippen LogP contribution is 2.26. The van der Waals surface area contributed by atoms with Crippen LogP contribution in [0.15, 0.2) is 48.8 Å². The van der Waals surface area contributed by atoms with Crippen molar-refractivity contribution in [3.8, 4) is 0 Å². The number of rotatable bonds is 4. The van der Waals surface area contributed by atoms with Crippen molar-refractivity contribution in [3.05, 3.63) is 65.1 Å². The van der Waals surface area contributed by atoms with E-state index in [2.05, 4.69) is 15.3 Å². The molecule has 0 unspecified atom stereocenters. The van der Waals surface area contributed by atoms with E-state index in [9.17, 15) is 0 Å². The number of pyridine rings is 1.